The van der Waals surface area contributed by atoms with Gasteiger partial charge in [-0.1, -0.05) is 0 Å². The molecule has 0 atom stereocenters. The number of nitrogen functional groups attached to an aromatic ring is 1. The summed E-state index contributed by atoms with van der Waals surface area (Å²) in [5.74, 6) is 1.64. The van der Waals surface area contributed by atoms with Crippen molar-refractivity contribution in [2.24, 2.45) is 0 Å². The molecule has 0 bridgehead atoms. The van der Waals surface area contributed by atoms with Crippen LogP contribution in [0.2, 0.25) is 0 Å². The van der Waals surface area contributed by atoms with Gasteiger partial charge in [-0.05, 0) is 44.0 Å². The van der Waals surface area contributed by atoms with E-state index in [2.05, 4.69) is 9.72 Å². The predicted octanol–water partition coefficient (Wildman–Crippen LogP) is 3.38. The number of halogens is 2. The Morgan fingerprint density at radius 1 is 1.30 bits per heavy atom. The summed E-state index contributed by atoms with van der Waals surface area (Å²) in [6.07, 6.45) is 2.25. The molecule has 0 radical (unpaired) electrons. The van der Waals surface area contributed by atoms with Crippen molar-refractivity contribution in [1.29, 1.82) is 0 Å². The highest BCUT2D eigenvalue weighted by Gasteiger charge is 2.28. The molecular formula is C14H15F2N3O. The van der Waals surface area contributed by atoms with E-state index in [0.717, 1.165) is 24.2 Å². The topological polar surface area (TPSA) is 53.1 Å². The molecule has 4 nitrogen and oxygen atoms in total. The van der Waals surface area contributed by atoms with Crippen molar-refractivity contribution in [2.75, 3.05) is 5.73 Å². The quantitative estimate of drug-likeness (QED) is 0.933. The number of aryl methyl sites for hydroxylation is 1. The van der Waals surface area contributed by atoms with Gasteiger partial charge >= 0.3 is 6.61 Å². The largest absolute Gasteiger partial charge is 0.435 e. The van der Waals surface area contributed by atoms with Crippen LogP contribution in [0.5, 0.6) is 5.75 Å². The van der Waals surface area contributed by atoms with E-state index in [1.54, 1.807) is 12.1 Å². The highest BCUT2D eigenvalue weighted by molar-refractivity contribution is 5.71. The minimum Gasteiger partial charge on any atom is -0.435 e. The second-order valence-electron chi connectivity index (χ2n) is 4.90. The number of ether oxygens (including phenoxy) is 1. The maximum Gasteiger partial charge on any atom is 0.387 e. The maximum atomic E-state index is 12.1. The lowest BCUT2D eigenvalue weighted by Crippen LogP contribution is -2.02. The summed E-state index contributed by atoms with van der Waals surface area (Å²) < 4.78 is 30.6. The van der Waals surface area contributed by atoms with E-state index in [1.807, 2.05) is 11.5 Å². The van der Waals surface area contributed by atoms with E-state index in [0.29, 0.717) is 17.6 Å². The number of anilines is 1. The van der Waals surface area contributed by atoms with Crippen LogP contribution < -0.4 is 10.5 Å². The molecule has 20 heavy (non-hydrogen) atoms. The van der Waals surface area contributed by atoms with Crippen molar-refractivity contribution in [2.45, 2.75) is 32.4 Å². The number of nitrogens with two attached hydrogens (primary N) is 1. The number of nitrogens with zero attached hydrogens (tertiary/aromatic N) is 2. The smallest absolute Gasteiger partial charge is 0.387 e. The van der Waals surface area contributed by atoms with Crippen molar-refractivity contribution in [3.05, 3.63) is 30.1 Å². The minimum atomic E-state index is -2.82. The number of imidazole rings is 1. The summed E-state index contributed by atoms with van der Waals surface area (Å²) in [4.78, 5) is 4.48. The zero-order valence-corrected chi connectivity index (χ0v) is 11.0. The molecule has 0 amide bonds. The standard InChI is InChI=1S/C14H15F2N3O/c1-8-18-12(13(17)19(8)10-4-5-10)9-2-6-11(7-3-9)20-14(15)16/h2-3,6-7,10,14H,4-5,17H2,1H3. The van der Waals surface area contributed by atoms with Crippen LogP contribution in [0.4, 0.5) is 14.6 Å². The van der Waals surface area contributed by atoms with Crippen LogP contribution in [0.15, 0.2) is 24.3 Å². The lowest BCUT2D eigenvalue weighted by atomic mass is 10.1. The van der Waals surface area contributed by atoms with Crippen molar-refractivity contribution < 1.29 is 13.5 Å². The third kappa shape index (κ3) is 2.33. The van der Waals surface area contributed by atoms with Crippen LogP contribution in [0, 0.1) is 6.92 Å². The van der Waals surface area contributed by atoms with Crippen LogP contribution >= 0.6 is 0 Å². The second kappa shape index (κ2) is 4.77. The second-order valence-corrected chi connectivity index (χ2v) is 4.90. The first-order valence-corrected chi connectivity index (χ1v) is 6.46. The molecule has 0 saturated heterocycles. The van der Waals surface area contributed by atoms with Gasteiger partial charge in [0, 0.05) is 11.6 Å². The zero-order valence-electron chi connectivity index (χ0n) is 11.0. The molecule has 2 aromatic rings. The number of hydrogen-bond acceptors (Lipinski definition) is 3. The van der Waals surface area contributed by atoms with Gasteiger partial charge < -0.3 is 15.0 Å². The zero-order chi connectivity index (χ0) is 14.3. The molecule has 1 heterocycles. The molecule has 0 unspecified atom stereocenters. The first kappa shape index (κ1) is 12.9. The molecule has 2 N–H and O–H groups in total. The molecule has 106 valence electrons. The fourth-order valence-corrected chi connectivity index (χ4v) is 2.36. The summed E-state index contributed by atoms with van der Waals surface area (Å²) in [7, 11) is 0. The number of hydrogen-bond donors (Lipinski definition) is 1. The molecule has 1 fully saturated rings. The van der Waals surface area contributed by atoms with Gasteiger partial charge in [-0.2, -0.15) is 8.78 Å². The highest BCUT2D eigenvalue weighted by Crippen LogP contribution is 2.40. The fraction of sp³-hybridized carbons (Fsp3) is 0.357. The molecular weight excluding hydrogens is 264 g/mol. The van der Waals surface area contributed by atoms with Gasteiger partial charge in [0.1, 0.15) is 23.1 Å². The Kier molecular flexibility index (Phi) is 3.08. The first-order valence-electron chi connectivity index (χ1n) is 6.46. The van der Waals surface area contributed by atoms with Crippen molar-refractivity contribution in [3.8, 4) is 17.0 Å². The Labute approximate surface area is 115 Å². The average Bonchev–Trinajstić information content (AvgIpc) is 3.17. The van der Waals surface area contributed by atoms with Crippen LogP contribution in [0.3, 0.4) is 0 Å². The third-order valence-corrected chi connectivity index (χ3v) is 3.39. The molecule has 1 saturated carbocycles. The molecule has 0 aliphatic heterocycles. The first-order chi connectivity index (χ1) is 9.56. The van der Waals surface area contributed by atoms with Crippen molar-refractivity contribution in [3.63, 3.8) is 0 Å². The summed E-state index contributed by atoms with van der Waals surface area (Å²) in [6.45, 7) is -0.894. The van der Waals surface area contributed by atoms with E-state index >= 15 is 0 Å². The van der Waals surface area contributed by atoms with Crippen LogP contribution in [0.1, 0.15) is 24.7 Å². The van der Waals surface area contributed by atoms with Gasteiger partial charge in [-0.3, -0.25) is 0 Å². The Balaban J connectivity index is 1.91. The van der Waals surface area contributed by atoms with Crippen LogP contribution in [-0.2, 0) is 0 Å². The fourth-order valence-electron chi connectivity index (χ4n) is 2.36. The Hall–Kier alpha value is -2.11. The summed E-state index contributed by atoms with van der Waals surface area (Å²) in [6, 6.07) is 6.82. The van der Waals surface area contributed by atoms with Gasteiger partial charge in [0.05, 0.1) is 0 Å². The van der Waals surface area contributed by atoms with Gasteiger partial charge in [-0.25, -0.2) is 4.98 Å². The van der Waals surface area contributed by atoms with Gasteiger partial charge in [0.15, 0.2) is 0 Å². The monoisotopic (exact) mass is 279 g/mol. The van der Waals surface area contributed by atoms with E-state index in [4.69, 9.17) is 5.73 Å². The Bertz CT molecular complexity index is 618. The number of rotatable bonds is 4. The van der Waals surface area contributed by atoms with E-state index in [1.165, 1.54) is 12.1 Å². The van der Waals surface area contributed by atoms with Gasteiger partial charge in [0.2, 0.25) is 0 Å². The normalized spacial score (nSPS) is 14.8. The van der Waals surface area contributed by atoms with Gasteiger partial charge in [0.25, 0.3) is 0 Å². The van der Waals surface area contributed by atoms with E-state index < -0.39 is 6.61 Å². The molecule has 1 aliphatic rings. The van der Waals surface area contributed by atoms with E-state index in [-0.39, 0.29) is 5.75 Å². The van der Waals surface area contributed by atoms with Crippen molar-refractivity contribution in [1.82, 2.24) is 9.55 Å². The average molecular weight is 279 g/mol. The summed E-state index contributed by atoms with van der Waals surface area (Å²) in [5.41, 5.74) is 7.64. The minimum absolute atomic E-state index is 0.126. The van der Waals surface area contributed by atoms with E-state index in [9.17, 15) is 8.78 Å². The maximum absolute atomic E-state index is 12.1. The van der Waals surface area contributed by atoms with Crippen LogP contribution in [-0.4, -0.2) is 16.2 Å². The molecule has 1 aromatic heterocycles. The van der Waals surface area contributed by atoms with Gasteiger partial charge in [-0.15, -0.1) is 0 Å². The molecule has 6 heteroatoms. The number of alkyl halides is 2. The number of benzene rings is 1. The third-order valence-electron chi connectivity index (χ3n) is 3.39. The highest BCUT2D eigenvalue weighted by atomic mass is 19.3. The number of aromatic nitrogens is 2. The predicted molar refractivity (Wildman–Crippen MR) is 71.7 cm³/mol. The SMILES string of the molecule is Cc1nc(-c2ccc(OC(F)F)cc2)c(N)n1C1CC1. The lowest BCUT2D eigenvalue weighted by Gasteiger charge is -2.06. The Morgan fingerprint density at radius 3 is 2.50 bits per heavy atom. The lowest BCUT2D eigenvalue weighted by molar-refractivity contribution is -0.0498. The van der Waals surface area contributed by atoms with Crippen molar-refractivity contribution >= 4 is 5.82 Å². The summed E-state index contributed by atoms with van der Waals surface area (Å²) >= 11 is 0. The Morgan fingerprint density at radius 2 is 1.95 bits per heavy atom. The van der Waals surface area contributed by atoms with Crippen LogP contribution in [0.25, 0.3) is 11.3 Å². The molecule has 1 aromatic carbocycles. The molecule has 0 spiro atoms. The molecule has 3 rings (SSSR count). The molecule has 1 aliphatic carbocycles. The summed E-state index contributed by atoms with van der Waals surface area (Å²) in [5, 5.41) is 0.